The molecule has 1 aliphatic carbocycles. The summed E-state index contributed by atoms with van der Waals surface area (Å²) < 4.78 is 7.50. The van der Waals surface area contributed by atoms with Gasteiger partial charge in [0, 0.05) is 106 Å². The number of hydrogen-bond acceptors (Lipinski definition) is 8. The first-order valence-electron chi connectivity index (χ1n) is 18.2. The first kappa shape index (κ1) is 36.0. The summed E-state index contributed by atoms with van der Waals surface area (Å²) in [4.78, 5) is 33.9. The van der Waals surface area contributed by atoms with Gasteiger partial charge in [-0.15, -0.1) is 0 Å². The Kier molecular flexibility index (Phi) is 12.2. The maximum absolute atomic E-state index is 13.3. The summed E-state index contributed by atoms with van der Waals surface area (Å²) >= 11 is 6.74. The van der Waals surface area contributed by atoms with Crippen LogP contribution >= 0.6 is 11.6 Å². The van der Waals surface area contributed by atoms with E-state index in [0.717, 1.165) is 122 Å². The monoisotopic (exact) mass is 702 g/mol. The lowest BCUT2D eigenvalue weighted by molar-refractivity contribution is -0.126. The number of aromatic nitrogens is 3. The topological polar surface area (TPSA) is 125 Å². The number of hydrogen-bond donors (Lipinski definition) is 4. The van der Waals surface area contributed by atoms with Crippen LogP contribution < -0.4 is 21.3 Å². The summed E-state index contributed by atoms with van der Waals surface area (Å²) in [5.41, 5.74) is 5.60. The van der Waals surface area contributed by atoms with Crippen LogP contribution in [0.15, 0.2) is 53.7 Å². The maximum atomic E-state index is 13.3. The molecule has 6 rings (SSSR count). The third-order valence-electron chi connectivity index (χ3n) is 10.1. The van der Waals surface area contributed by atoms with Gasteiger partial charge in [0.15, 0.2) is 5.65 Å². The number of nitrogens with one attached hydrogen (secondary N) is 4. The first-order valence-corrected chi connectivity index (χ1v) is 18.6. The minimum atomic E-state index is -0.319. The molecule has 268 valence electrons. The number of rotatable bonds is 14. The van der Waals surface area contributed by atoms with E-state index in [0.29, 0.717) is 13.1 Å². The summed E-state index contributed by atoms with van der Waals surface area (Å²) in [7, 11) is 0. The lowest BCUT2D eigenvalue weighted by Crippen LogP contribution is -2.51. The van der Waals surface area contributed by atoms with Crippen molar-refractivity contribution in [2.24, 2.45) is 5.41 Å². The van der Waals surface area contributed by atoms with Crippen molar-refractivity contribution in [1.82, 2.24) is 35.6 Å². The highest BCUT2D eigenvalue weighted by molar-refractivity contribution is 6.34. The molecule has 2 aliphatic heterocycles. The fourth-order valence-corrected chi connectivity index (χ4v) is 7.53. The van der Waals surface area contributed by atoms with E-state index in [2.05, 4.69) is 63.3 Å². The number of piperazine rings is 1. The minimum absolute atomic E-state index is 0.0983. The Morgan fingerprint density at radius 3 is 2.52 bits per heavy atom. The third-order valence-corrected chi connectivity index (χ3v) is 10.5. The highest BCUT2D eigenvalue weighted by atomic mass is 35.5. The Morgan fingerprint density at radius 2 is 1.80 bits per heavy atom. The predicted molar refractivity (Wildman–Crippen MR) is 199 cm³/mol. The average Bonchev–Trinajstić information content (AvgIpc) is 3.57. The molecular formula is C38H51ClN8O3. The number of carbonyl (C=O) groups is 2. The molecule has 12 heteroatoms. The molecule has 2 amide bonds. The molecular weight excluding hydrogens is 652 g/mol. The number of allylic oxidation sites excluding steroid dienone is 3. The van der Waals surface area contributed by atoms with Crippen molar-refractivity contribution in [3.63, 3.8) is 0 Å². The fourth-order valence-electron chi connectivity index (χ4n) is 7.29. The van der Waals surface area contributed by atoms with E-state index < -0.39 is 0 Å². The van der Waals surface area contributed by atoms with Crippen molar-refractivity contribution in [3.05, 3.63) is 70.5 Å². The molecule has 2 aromatic heterocycles. The zero-order valence-corrected chi connectivity index (χ0v) is 30.2. The summed E-state index contributed by atoms with van der Waals surface area (Å²) in [6.07, 6.45) is 9.50. The van der Waals surface area contributed by atoms with E-state index in [4.69, 9.17) is 21.3 Å². The van der Waals surface area contributed by atoms with E-state index in [1.165, 1.54) is 0 Å². The van der Waals surface area contributed by atoms with Crippen LogP contribution in [0.1, 0.15) is 62.8 Å². The average molecular weight is 703 g/mol. The molecule has 11 nitrogen and oxygen atoms in total. The highest BCUT2D eigenvalue weighted by Gasteiger charge is 2.35. The van der Waals surface area contributed by atoms with Crippen molar-refractivity contribution in [2.45, 2.75) is 71.5 Å². The van der Waals surface area contributed by atoms with Crippen LogP contribution in [-0.4, -0.2) is 90.0 Å². The van der Waals surface area contributed by atoms with E-state index in [-0.39, 0.29) is 36.1 Å². The Balaban J connectivity index is 1.09. The van der Waals surface area contributed by atoms with Crippen molar-refractivity contribution < 1.29 is 14.3 Å². The summed E-state index contributed by atoms with van der Waals surface area (Å²) in [6.45, 7) is 11.7. The van der Waals surface area contributed by atoms with Gasteiger partial charge in [0.05, 0.1) is 17.3 Å². The molecule has 3 aliphatic rings. The minimum Gasteiger partial charge on any atom is -0.381 e. The molecule has 0 radical (unpaired) electrons. The van der Waals surface area contributed by atoms with E-state index in [1.807, 2.05) is 35.2 Å². The van der Waals surface area contributed by atoms with Crippen LogP contribution in [-0.2, 0) is 33.8 Å². The standard InChI is InChI=1S/C38H51ClN8O3/c1-3-33-30(36(44-28-13-20-50-21-14-28)31-24-43-47(4-2)37(31)45-33)23-41-34(48)10-11-35(49)42-25-38(26-46-18-16-40-17-19-46)15-12-32(39)29(22-38)27-8-6-5-7-9-27/h5-9,12,15,24,28,40H,3-4,10-11,13-14,16-23,25-26H2,1-2H3,(H,41,48)(H,42,49)(H,44,45). The Bertz CT molecular complexity index is 1690. The number of benzene rings is 1. The van der Waals surface area contributed by atoms with Crippen LogP contribution in [0, 0.1) is 5.41 Å². The van der Waals surface area contributed by atoms with Crippen LogP contribution in [0.2, 0.25) is 0 Å². The summed E-state index contributed by atoms with van der Waals surface area (Å²) in [6, 6.07) is 10.5. The molecule has 50 heavy (non-hydrogen) atoms. The van der Waals surface area contributed by atoms with E-state index in [9.17, 15) is 9.59 Å². The van der Waals surface area contributed by atoms with E-state index in [1.54, 1.807) is 0 Å². The summed E-state index contributed by atoms with van der Waals surface area (Å²) in [5.74, 6) is -0.306. The number of nitrogens with zero attached hydrogens (tertiary/aromatic N) is 4. The van der Waals surface area contributed by atoms with Gasteiger partial charge in [0.25, 0.3) is 0 Å². The van der Waals surface area contributed by atoms with Crippen molar-refractivity contribution in [3.8, 4) is 0 Å². The second-order valence-corrected chi connectivity index (χ2v) is 14.0. The Morgan fingerprint density at radius 1 is 1.06 bits per heavy atom. The predicted octanol–water partition coefficient (Wildman–Crippen LogP) is 4.62. The van der Waals surface area contributed by atoms with Crippen molar-refractivity contribution in [2.75, 3.05) is 57.8 Å². The molecule has 2 saturated heterocycles. The number of ether oxygens (including phenoxy) is 1. The van der Waals surface area contributed by atoms with Gasteiger partial charge in [-0.25, -0.2) is 9.67 Å². The smallest absolute Gasteiger partial charge is 0.220 e. The van der Waals surface area contributed by atoms with Crippen molar-refractivity contribution in [1.29, 1.82) is 0 Å². The first-order chi connectivity index (χ1) is 24.4. The second kappa shape index (κ2) is 17.0. The van der Waals surface area contributed by atoms with Gasteiger partial charge in [-0.3, -0.25) is 14.5 Å². The number of amides is 2. The summed E-state index contributed by atoms with van der Waals surface area (Å²) in [5, 5.41) is 19.7. The molecule has 0 bridgehead atoms. The lowest BCUT2D eigenvalue weighted by Gasteiger charge is -2.40. The maximum Gasteiger partial charge on any atom is 0.220 e. The lowest BCUT2D eigenvalue weighted by atomic mass is 9.75. The Labute approximate surface area is 300 Å². The van der Waals surface area contributed by atoms with Crippen LogP contribution in [0.25, 0.3) is 16.6 Å². The van der Waals surface area contributed by atoms with Gasteiger partial charge in [-0.2, -0.15) is 5.10 Å². The third kappa shape index (κ3) is 8.74. The van der Waals surface area contributed by atoms with Gasteiger partial charge in [0.2, 0.25) is 11.8 Å². The molecule has 3 aromatic rings. The SMILES string of the molecule is CCc1nc2c(cnn2CC)c(NC2CCOCC2)c1CNC(=O)CCC(=O)NCC1(CN2CCNCC2)C=CC(Cl)=C(c2ccccc2)C1. The second-order valence-electron chi connectivity index (χ2n) is 13.6. The molecule has 1 atom stereocenters. The van der Waals surface area contributed by atoms with Crippen LogP contribution in [0.5, 0.6) is 0 Å². The molecule has 0 spiro atoms. The zero-order valence-electron chi connectivity index (χ0n) is 29.4. The number of fused-ring (bicyclic) bond motifs is 1. The normalized spacial score (nSPS) is 20.3. The molecule has 4 heterocycles. The van der Waals surface area contributed by atoms with Gasteiger partial charge >= 0.3 is 0 Å². The quantitative estimate of drug-likeness (QED) is 0.192. The number of pyridine rings is 1. The number of aryl methyl sites for hydroxylation is 2. The molecule has 4 N–H and O–H groups in total. The van der Waals surface area contributed by atoms with E-state index >= 15 is 0 Å². The molecule has 1 aromatic carbocycles. The van der Waals surface area contributed by atoms with Gasteiger partial charge < -0.3 is 26.0 Å². The van der Waals surface area contributed by atoms with Crippen LogP contribution in [0.3, 0.4) is 0 Å². The number of carbonyl (C=O) groups excluding carboxylic acids is 2. The zero-order chi connectivity index (χ0) is 34.9. The molecule has 1 unspecified atom stereocenters. The molecule has 0 saturated carbocycles. The highest BCUT2D eigenvalue weighted by Crippen LogP contribution is 2.41. The largest absolute Gasteiger partial charge is 0.381 e. The van der Waals surface area contributed by atoms with Gasteiger partial charge in [-0.1, -0.05) is 54.9 Å². The number of halogens is 1. The molecule has 2 fully saturated rings. The fraction of sp³-hybridized carbons (Fsp3) is 0.526. The van der Waals surface area contributed by atoms with Gasteiger partial charge in [0.1, 0.15) is 0 Å². The Hall–Kier alpha value is -3.77. The van der Waals surface area contributed by atoms with Gasteiger partial charge in [-0.05, 0) is 49.8 Å². The van der Waals surface area contributed by atoms with Crippen LogP contribution in [0.4, 0.5) is 5.69 Å². The number of anilines is 1. The van der Waals surface area contributed by atoms with Crippen molar-refractivity contribution >= 4 is 45.7 Å².